The third kappa shape index (κ3) is 4.17. The fraction of sp³-hybridized carbons (Fsp3) is 0.333. The second kappa shape index (κ2) is 9.00. The van der Waals surface area contributed by atoms with E-state index < -0.39 is 5.82 Å². The monoisotopic (exact) mass is 448 g/mol. The molecule has 1 amide bonds. The quantitative estimate of drug-likeness (QED) is 0.659. The minimum Gasteiger partial charge on any atom is -0.493 e. The van der Waals surface area contributed by atoms with E-state index in [0.717, 1.165) is 19.6 Å². The first-order valence-electron chi connectivity index (χ1n) is 10.8. The van der Waals surface area contributed by atoms with Crippen molar-refractivity contribution in [3.05, 3.63) is 59.2 Å². The van der Waals surface area contributed by atoms with Crippen LogP contribution in [0.3, 0.4) is 0 Å². The van der Waals surface area contributed by atoms with Gasteiger partial charge in [-0.2, -0.15) is 15.0 Å². The predicted molar refractivity (Wildman–Crippen MR) is 120 cm³/mol. The molecule has 0 bridgehead atoms. The number of nitrogens with zero attached hydrogens (tertiary/aromatic N) is 6. The number of carbonyl (C=O) groups is 1. The highest BCUT2D eigenvalue weighted by Gasteiger charge is 2.27. The zero-order valence-corrected chi connectivity index (χ0v) is 18.8. The molecule has 4 rings (SSSR count). The fourth-order valence-electron chi connectivity index (χ4n) is 4.18. The van der Waals surface area contributed by atoms with Crippen LogP contribution in [0.2, 0.25) is 0 Å². The SMILES string of the molecule is CCN1CCN(C(=O)c2ccc(-n3ncc(-c4cc(F)c(C#N)cc4C)c3O)nc2)[C@H](C)C1. The van der Waals surface area contributed by atoms with E-state index in [2.05, 4.69) is 21.9 Å². The van der Waals surface area contributed by atoms with Gasteiger partial charge in [-0.15, -0.1) is 0 Å². The second-order valence-corrected chi connectivity index (χ2v) is 8.20. The van der Waals surface area contributed by atoms with E-state index >= 15 is 0 Å². The van der Waals surface area contributed by atoms with Gasteiger partial charge in [0.25, 0.3) is 5.91 Å². The highest BCUT2D eigenvalue weighted by molar-refractivity contribution is 5.94. The zero-order valence-electron chi connectivity index (χ0n) is 18.8. The maximum Gasteiger partial charge on any atom is 0.255 e. The Bertz CT molecular complexity index is 1230. The average Bonchev–Trinajstić information content (AvgIpc) is 3.20. The molecular formula is C24H25FN6O2. The number of nitriles is 1. The van der Waals surface area contributed by atoms with Crippen molar-refractivity contribution in [2.75, 3.05) is 26.2 Å². The highest BCUT2D eigenvalue weighted by atomic mass is 19.1. The summed E-state index contributed by atoms with van der Waals surface area (Å²) >= 11 is 0. The molecule has 3 aromatic rings. The van der Waals surface area contributed by atoms with E-state index in [-0.39, 0.29) is 23.4 Å². The van der Waals surface area contributed by atoms with Crippen LogP contribution in [0.15, 0.2) is 36.7 Å². The van der Waals surface area contributed by atoms with E-state index in [9.17, 15) is 14.3 Å². The van der Waals surface area contributed by atoms with Gasteiger partial charge in [0.05, 0.1) is 22.9 Å². The number of amides is 1. The number of aromatic nitrogens is 3. The first kappa shape index (κ1) is 22.4. The van der Waals surface area contributed by atoms with E-state index in [0.29, 0.717) is 34.6 Å². The van der Waals surface area contributed by atoms with Crippen LogP contribution in [0, 0.1) is 24.1 Å². The first-order chi connectivity index (χ1) is 15.8. The third-order valence-electron chi connectivity index (χ3n) is 6.10. The van der Waals surface area contributed by atoms with Gasteiger partial charge in [-0.25, -0.2) is 9.37 Å². The summed E-state index contributed by atoms with van der Waals surface area (Å²) in [6.45, 7) is 9.20. The van der Waals surface area contributed by atoms with Crippen LogP contribution in [0.1, 0.15) is 35.3 Å². The molecule has 0 saturated carbocycles. The number of piperazine rings is 1. The minimum atomic E-state index is -0.666. The lowest BCUT2D eigenvalue weighted by atomic mass is 10.0. The Balaban J connectivity index is 1.57. The fourth-order valence-corrected chi connectivity index (χ4v) is 4.18. The van der Waals surface area contributed by atoms with Crippen LogP contribution >= 0.6 is 0 Å². The Morgan fingerprint density at radius 1 is 1.27 bits per heavy atom. The zero-order chi connectivity index (χ0) is 23.7. The molecule has 1 atom stereocenters. The number of hydrogen-bond acceptors (Lipinski definition) is 6. The highest BCUT2D eigenvalue weighted by Crippen LogP contribution is 2.34. The molecule has 1 N–H and O–H groups in total. The Kier molecular flexibility index (Phi) is 6.11. The van der Waals surface area contributed by atoms with Gasteiger partial charge < -0.3 is 10.0 Å². The summed E-state index contributed by atoms with van der Waals surface area (Å²) in [5.74, 6) is -0.629. The molecule has 8 nitrogen and oxygen atoms in total. The normalized spacial score (nSPS) is 16.6. The van der Waals surface area contributed by atoms with Crippen LogP contribution in [0.5, 0.6) is 5.88 Å². The van der Waals surface area contributed by atoms with Gasteiger partial charge in [0.15, 0.2) is 5.82 Å². The van der Waals surface area contributed by atoms with Gasteiger partial charge >= 0.3 is 0 Å². The molecule has 33 heavy (non-hydrogen) atoms. The molecule has 1 fully saturated rings. The number of benzene rings is 1. The number of hydrogen-bond donors (Lipinski definition) is 1. The third-order valence-corrected chi connectivity index (χ3v) is 6.10. The number of aryl methyl sites for hydroxylation is 1. The summed E-state index contributed by atoms with van der Waals surface area (Å²) in [4.78, 5) is 21.5. The number of carbonyl (C=O) groups excluding carboxylic acids is 1. The lowest BCUT2D eigenvalue weighted by Crippen LogP contribution is -2.53. The number of likely N-dealkylation sites (N-methyl/N-ethyl adjacent to an activating group) is 1. The maximum atomic E-state index is 14.1. The van der Waals surface area contributed by atoms with E-state index in [1.165, 1.54) is 29.2 Å². The largest absolute Gasteiger partial charge is 0.493 e. The van der Waals surface area contributed by atoms with Crippen molar-refractivity contribution in [2.24, 2.45) is 0 Å². The standard InChI is InChI=1S/C24H25FN6O2/c1-4-29-7-8-30(16(3)14-29)23(32)17-5-6-22(27-12-17)31-24(33)20(13-28-31)19-10-21(25)18(11-26)9-15(19)2/h5-6,9-10,12-13,16,33H,4,7-8,14H2,1-3H3/t16-/m1/s1. The van der Waals surface area contributed by atoms with Crippen LogP contribution in [-0.4, -0.2) is 67.8 Å². The van der Waals surface area contributed by atoms with Gasteiger partial charge in [-0.05, 0) is 55.8 Å². The maximum absolute atomic E-state index is 14.1. The van der Waals surface area contributed by atoms with E-state index in [1.54, 1.807) is 25.1 Å². The van der Waals surface area contributed by atoms with Crippen molar-refractivity contribution in [3.63, 3.8) is 0 Å². The molecule has 0 radical (unpaired) electrons. The minimum absolute atomic E-state index is 0.0597. The van der Waals surface area contributed by atoms with Crippen molar-refractivity contribution in [1.82, 2.24) is 24.6 Å². The van der Waals surface area contributed by atoms with Crippen LogP contribution in [0.25, 0.3) is 16.9 Å². The van der Waals surface area contributed by atoms with Gasteiger partial charge in [-0.1, -0.05) is 6.92 Å². The summed E-state index contributed by atoms with van der Waals surface area (Å²) < 4.78 is 15.4. The van der Waals surface area contributed by atoms with Crippen molar-refractivity contribution >= 4 is 5.91 Å². The van der Waals surface area contributed by atoms with Crippen molar-refractivity contribution in [1.29, 1.82) is 5.26 Å². The summed E-state index contributed by atoms with van der Waals surface area (Å²) in [5, 5.41) is 23.9. The lowest BCUT2D eigenvalue weighted by Gasteiger charge is -2.39. The molecule has 1 aromatic carbocycles. The van der Waals surface area contributed by atoms with Gasteiger partial charge in [0.1, 0.15) is 11.9 Å². The summed E-state index contributed by atoms with van der Waals surface area (Å²) in [5.41, 5.74) is 1.79. The predicted octanol–water partition coefficient (Wildman–Crippen LogP) is 3.13. The van der Waals surface area contributed by atoms with E-state index in [1.807, 2.05) is 11.8 Å². The second-order valence-electron chi connectivity index (χ2n) is 8.20. The lowest BCUT2D eigenvalue weighted by molar-refractivity contribution is 0.0499. The number of aromatic hydroxyl groups is 1. The summed E-state index contributed by atoms with van der Waals surface area (Å²) in [6.07, 6.45) is 2.89. The van der Waals surface area contributed by atoms with Gasteiger partial charge in [-0.3, -0.25) is 9.69 Å². The first-order valence-corrected chi connectivity index (χ1v) is 10.8. The molecule has 3 heterocycles. The van der Waals surface area contributed by atoms with E-state index in [4.69, 9.17) is 5.26 Å². The molecule has 9 heteroatoms. The molecule has 1 aliphatic heterocycles. The van der Waals surface area contributed by atoms with Crippen LogP contribution < -0.4 is 0 Å². The summed E-state index contributed by atoms with van der Waals surface area (Å²) in [7, 11) is 0. The molecule has 0 unspecified atom stereocenters. The Hall–Kier alpha value is -3.77. The molecule has 1 aliphatic rings. The molecule has 0 spiro atoms. The summed E-state index contributed by atoms with van der Waals surface area (Å²) in [6, 6.07) is 7.84. The van der Waals surface area contributed by atoms with Crippen LogP contribution in [0.4, 0.5) is 4.39 Å². The number of rotatable bonds is 4. The molecule has 2 aromatic heterocycles. The molecule has 170 valence electrons. The molecular weight excluding hydrogens is 423 g/mol. The van der Waals surface area contributed by atoms with Gasteiger partial charge in [0.2, 0.25) is 5.88 Å². The number of pyridine rings is 1. The smallest absolute Gasteiger partial charge is 0.255 e. The number of halogens is 1. The Labute approximate surface area is 191 Å². The van der Waals surface area contributed by atoms with Crippen molar-refractivity contribution in [2.45, 2.75) is 26.8 Å². The topological polar surface area (TPSA) is 98.3 Å². The van der Waals surface area contributed by atoms with Crippen molar-refractivity contribution in [3.8, 4) is 28.9 Å². The Morgan fingerprint density at radius 3 is 2.70 bits per heavy atom. The molecule has 1 saturated heterocycles. The van der Waals surface area contributed by atoms with Gasteiger partial charge in [0, 0.05) is 31.9 Å². The Morgan fingerprint density at radius 2 is 2.06 bits per heavy atom. The molecule has 0 aliphatic carbocycles. The van der Waals surface area contributed by atoms with Crippen molar-refractivity contribution < 1.29 is 14.3 Å². The van der Waals surface area contributed by atoms with Crippen LogP contribution in [-0.2, 0) is 0 Å². The average molecular weight is 449 g/mol.